The Hall–Kier alpha value is -1.36. The molecule has 2 aliphatic rings. The zero-order valence-electron chi connectivity index (χ0n) is 13.2. The Morgan fingerprint density at radius 1 is 1.32 bits per heavy atom. The van der Waals surface area contributed by atoms with E-state index in [1.54, 1.807) is 11.3 Å². The topological polar surface area (TPSA) is 49.4 Å². The Morgan fingerprint density at radius 2 is 2.09 bits per heavy atom. The lowest BCUT2D eigenvalue weighted by molar-refractivity contribution is -0.125. The van der Waals surface area contributed by atoms with Crippen molar-refractivity contribution in [1.29, 1.82) is 0 Å². The highest BCUT2D eigenvalue weighted by Crippen LogP contribution is 2.33. The molecule has 22 heavy (non-hydrogen) atoms. The molecule has 1 fully saturated rings. The third-order valence-electron chi connectivity index (χ3n) is 4.66. The fourth-order valence-electron chi connectivity index (χ4n) is 3.42. The van der Waals surface area contributed by atoms with E-state index in [0.717, 1.165) is 50.1 Å². The summed E-state index contributed by atoms with van der Waals surface area (Å²) in [5, 5.41) is 2.92. The maximum atomic E-state index is 12.6. The largest absolute Gasteiger partial charge is 0.356 e. The number of carbonyl (C=O) groups is 2. The summed E-state index contributed by atoms with van der Waals surface area (Å²) in [6.07, 6.45) is 6.09. The fraction of sp³-hybridized carbons (Fsp3) is 0.647. The highest BCUT2D eigenvalue weighted by atomic mass is 32.1. The van der Waals surface area contributed by atoms with Crippen molar-refractivity contribution in [2.45, 2.75) is 45.4 Å². The van der Waals surface area contributed by atoms with Crippen molar-refractivity contribution in [3.05, 3.63) is 21.4 Å². The molecule has 1 N–H and O–H groups in total. The smallest absolute Gasteiger partial charge is 0.263 e. The molecule has 0 unspecified atom stereocenters. The van der Waals surface area contributed by atoms with Gasteiger partial charge in [0.05, 0.1) is 4.88 Å². The van der Waals surface area contributed by atoms with Crippen LogP contribution < -0.4 is 5.32 Å². The first-order valence-corrected chi connectivity index (χ1v) is 9.19. The highest BCUT2D eigenvalue weighted by molar-refractivity contribution is 7.14. The van der Waals surface area contributed by atoms with Crippen molar-refractivity contribution >= 4 is 23.2 Å². The van der Waals surface area contributed by atoms with Crippen LogP contribution >= 0.6 is 11.3 Å². The second kappa shape index (κ2) is 6.82. The molecule has 120 valence electrons. The van der Waals surface area contributed by atoms with E-state index in [4.69, 9.17) is 0 Å². The molecular weight excluding hydrogens is 296 g/mol. The first kappa shape index (κ1) is 15.5. The average molecular weight is 320 g/mol. The van der Waals surface area contributed by atoms with Gasteiger partial charge in [-0.05, 0) is 57.1 Å². The Balaban J connectivity index is 1.70. The Bertz CT molecular complexity index is 561. The van der Waals surface area contributed by atoms with Gasteiger partial charge in [-0.25, -0.2) is 0 Å². The summed E-state index contributed by atoms with van der Waals surface area (Å²) >= 11 is 1.64. The lowest BCUT2D eigenvalue weighted by Crippen LogP contribution is -2.35. The second-order valence-corrected chi connectivity index (χ2v) is 7.38. The first-order chi connectivity index (χ1) is 10.7. The minimum atomic E-state index is 0.0694. The van der Waals surface area contributed by atoms with Gasteiger partial charge in [0.2, 0.25) is 5.91 Å². The maximum Gasteiger partial charge on any atom is 0.263 e. The van der Waals surface area contributed by atoms with Crippen molar-refractivity contribution in [3.8, 4) is 0 Å². The van der Waals surface area contributed by atoms with E-state index in [1.807, 2.05) is 17.9 Å². The van der Waals surface area contributed by atoms with Gasteiger partial charge in [0.15, 0.2) is 0 Å². The van der Waals surface area contributed by atoms with Gasteiger partial charge in [0.1, 0.15) is 0 Å². The SMILES string of the molecule is CCNC(=O)[C@H]1CCc2sc(C(=O)N3CCCCC3)cc2C1. The molecule has 4 nitrogen and oxygen atoms in total. The van der Waals surface area contributed by atoms with Gasteiger partial charge >= 0.3 is 0 Å². The third-order valence-corrected chi connectivity index (χ3v) is 5.88. The number of nitrogens with one attached hydrogen (secondary N) is 1. The van der Waals surface area contributed by atoms with Crippen molar-refractivity contribution in [2.75, 3.05) is 19.6 Å². The van der Waals surface area contributed by atoms with Crippen LogP contribution in [0.1, 0.15) is 52.7 Å². The molecule has 1 atom stereocenters. The van der Waals surface area contributed by atoms with Gasteiger partial charge in [-0.3, -0.25) is 9.59 Å². The van der Waals surface area contributed by atoms with Gasteiger partial charge in [-0.2, -0.15) is 0 Å². The minimum Gasteiger partial charge on any atom is -0.356 e. The zero-order chi connectivity index (χ0) is 15.5. The molecule has 2 amide bonds. The average Bonchev–Trinajstić information content (AvgIpc) is 2.98. The van der Waals surface area contributed by atoms with E-state index in [1.165, 1.54) is 16.9 Å². The number of likely N-dealkylation sites (tertiary alicyclic amines) is 1. The number of hydrogen-bond acceptors (Lipinski definition) is 3. The van der Waals surface area contributed by atoms with Gasteiger partial charge in [0, 0.05) is 30.4 Å². The molecule has 1 aromatic heterocycles. The van der Waals surface area contributed by atoms with Crippen molar-refractivity contribution < 1.29 is 9.59 Å². The molecule has 0 bridgehead atoms. The summed E-state index contributed by atoms with van der Waals surface area (Å²) in [5.41, 5.74) is 1.22. The first-order valence-electron chi connectivity index (χ1n) is 8.37. The van der Waals surface area contributed by atoms with Gasteiger partial charge in [0.25, 0.3) is 5.91 Å². The van der Waals surface area contributed by atoms with Gasteiger partial charge in [-0.15, -0.1) is 11.3 Å². The number of aryl methyl sites for hydroxylation is 1. The van der Waals surface area contributed by atoms with Crippen LogP contribution in [0.25, 0.3) is 0 Å². The van der Waals surface area contributed by atoms with Crippen molar-refractivity contribution in [1.82, 2.24) is 10.2 Å². The predicted molar refractivity (Wildman–Crippen MR) is 88.3 cm³/mol. The van der Waals surface area contributed by atoms with Crippen LogP contribution in [0.3, 0.4) is 0 Å². The number of piperidine rings is 1. The number of rotatable bonds is 3. The number of fused-ring (bicyclic) bond motifs is 1. The summed E-state index contributed by atoms with van der Waals surface area (Å²) in [6.45, 7) is 4.42. The Kier molecular flexibility index (Phi) is 4.81. The minimum absolute atomic E-state index is 0.0694. The molecule has 0 aromatic carbocycles. The number of amides is 2. The van der Waals surface area contributed by atoms with Crippen LogP contribution in [0.15, 0.2) is 6.07 Å². The molecule has 0 saturated carbocycles. The molecule has 0 radical (unpaired) electrons. The van der Waals surface area contributed by atoms with Gasteiger partial charge in [-0.1, -0.05) is 0 Å². The van der Waals surface area contributed by atoms with E-state index >= 15 is 0 Å². The van der Waals surface area contributed by atoms with E-state index in [-0.39, 0.29) is 17.7 Å². The Morgan fingerprint density at radius 3 is 2.82 bits per heavy atom. The molecule has 1 saturated heterocycles. The van der Waals surface area contributed by atoms with Crippen LogP contribution in [0.2, 0.25) is 0 Å². The predicted octanol–water partition coefficient (Wildman–Crippen LogP) is 2.62. The van der Waals surface area contributed by atoms with E-state index in [2.05, 4.69) is 5.32 Å². The molecule has 5 heteroatoms. The summed E-state index contributed by atoms with van der Waals surface area (Å²) in [4.78, 5) is 28.8. The molecule has 2 heterocycles. The van der Waals surface area contributed by atoms with E-state index < -0.39 is 0 Å². The zero-order valence-corrected chi connectivity index (χ0v) is 14.0. The molecule has 1 aliphatic heterocycles. The van der Waals surface area contributed by atoms with E-state index in [0.29, 0.717) is 6.54 Å². The van der Waals surface area contributed by atoms with Crippen molar-refractivity contribution in [2.24, 2.45) is 5.92 Å². The van der Waals surface area contributed by atoms with Gasteiger partial charge < -0.3 is 10.2 Å². The van der Waals surface area contributed by atoms with Crippen LogP contribution in [0, 0.1) is 5.92 Å². The van der Waals surface area contributed by atoms with Crippen molar-refractivity contribution in [3.63, 3.8) is 0 Å². The number of nitrogens with zero attached hydrogens (tertiary/aromatic N) is 1. The molecule has 1 aromatic rings. The summed E-state index contributed by atoms with van der Waals surface area (Å²) < 4.78 is 0. The molecule has 3 rings (SSSR count). The van der Waals surface area contributed by atoms with E-state index in [9.17, 15) is 9.59 Å². The number of hydrogen-bond donors (Lipinski definition) is 1. The monoisotopic (exact) mass is 320 g/mol. The lowest BCUT2D eigenvalue weighted by atomic mass is 9.88. The molecular formula is C17H24N2O2S. The fourth-order valence-corrected chi connectivity index (χ4v) is 4.60. The normalized spacial score (nSPS) is 21.3. The Labute approximate surface area is 135 Å². The van der Waals surface area contributed by atoms with Crippen LogP contribution in [0.4, 0.5) is 0 Å². The van der Waals surface area contributed by atoms with Crippen LogP contribution in [-0.2, 0) is 17.6 Å². The summed E-state index contributed by atoms with van der Waals surface area (Å²) in [7, 11) is 0. The number of thiophene rings is 1. The summed E-state index contributed by atoms with van der Waals surface area (Å²) in [6, 6.07) is 2.04. The lowest BCUT2D eigenvalue weighted by Gasteiger charge is -2.26. The quantitative estimate of drug-likeness (QED) is 0.931. The summed E-state index contributed by atoms with van der Waals surface area (Å²) in [5.74, 6) is 0.414. The molecule has 1 aliphatic carbocycles. The standard InChI is InChI=1S/C17H24N2O2S/c1-2-18-16(20)12-6-7-14-13(10-12)11-15(22-14)17(21)19-8-4-3-5-9-19/h11-12H,2-10H2,1H3,(H,18,20)/t12-/m0/s1. The highest BCUT2D eigenvalue weighted by Gasteiger charge is 2.28. The number of carbonyl (C=O) groups excluding carboxylic acids is 2. The maximum absolute atomic E-state index is 12.6. The third kappa shape index (κ3) is 3.19. The van der Waals surface area contributed by atoms with Crippen LogP contribution in [-0.4, -0.2) is 36.3 Å². The second-order valence-electron chi connectivity index (χ2n) is 6.25. The molecule has 0 spiro atoms. The van der Waals surface area contributed by atoms with Crippen LogP contribution in [0.5, 0.6) is 0 Å².